The van der Waals surface area contributed by atoms with Gasteiger partial charge in [-0.2, -0.15) is 0 Å². The lowest BCUT2D eigenvalue weighted by Crippen LogP contribution is -2.63. The summed E-state index contributed by atoms with van der Waals surface area (Å²) in [5.74, 6) is -0.976. The normalized spacial score (nSPS) is 28.6. The molecule has 2 aliphatic heterocycles. The molecule has 1 spiro atoms. The SMILES string of the molecule is CC1(C)CC2(CC(C(=O)O)=NO2)CC(C)(C)N1. The fraction of sp³-hybridized carbons (Fsp3) is 0.833. The second-order valence-electron chi connectivity index (χ2n) is 6.54. The minimum absolute atomic E-state index is 0.0782. The van der Waals surface area contributed by atoms with E-state index in [0.717, 1.165) is 12.8 Å². The highest BCUT2D eigenvalue weighted by molar-refractivity contribution is 6.36. The van der Waals surface area contributed by atoms with Gasteiger partial charge < -0.3 is 15.3 Å². The first-order valence-electron chi connectivity index (χ1n) is 5.91. The van der Waals surface area contributed by atoms with E-state index >= 15 is 0 Å². The van der Waals surface area contributed by atoms with Gasteiger partial charge in [0.05, 0.1) is 0 Å². The topological polar surface area (TPSA) is 70.9 Å². The molecule has 2 aliphatic rings. The van der Waals surface area contributed by atoms with Crippen LogP contribution in [-0.2, 0) is 9.63 Å². The third kappa shape index (κ3) is 2.44. The first kappa shape index (κ1) is 12.4. The number of piperidine rings is 1. The van der Waals surface area contributed by atoms with Crippen molar-refractivity contribution in [2.24, 2.45) is 5.16 Å². The van der Waals surface area contributed by atoms with E-state index in [2.05, 4.69) is 38.2 Å². The Bertz CT molecular complexity index is 369. The molecule has 2 heterocycles. The summed E-state index contributed by atoms with van der Waals surface area (Å²) in [6, 6.07) is 0. The number of nitrogens with one attached hydrogen (secondary N) is 1. The van der Waals surface area contributed by atoms with Gasteiger partial charge in [-0.15, -0.1) is 0 Å². The van der Waals surface area contributed by atoms with Gasteiger partial charge in [0, 0.05) is 30.3 Å². The van der Waals surface area contributed by atoms with Crippen molar-refractivity contribution in [3.8, 4) is 0 Å². The van der Waals surface area contributed by atoms with Gasteiger partial charge in [-0.1, -0.05) is 5.16 Å². The van der Waals surface area contributed by atoms with Crippen molar-refractivity contribution in [1.82, 2.24) is 5.32 Å². The van der Waals surface area contributed by atoms with E-state index in [1.165, 1.54) is 0 Å². The Balaban J connectivity index is 2.20. The molecule has 2 N–H and O–H groups in total. The molecule has 0 aromatic heterocycles. The van der Waals surface area contributed by atoms with E-state index in [4.69, 9.17) is 9.94 Å². The van der Waals surface area contributed by atoms with Gasteiger partial charge in [-0.3, -0.25) is 0 Å². The summed E-state index contributed by atoms with van der Waals surface area (Å²) in [6.45, 7) is 8.44. The number of carboxylic acids is 1. The van der Waals surface area contributed by atoms with Gasteiger partial charge in [-0.25, -0.2) is 4.79 Å². The van der Waals surface area contributed by atoms with Crippen LogP contribution in [0.25, 0.3) is 0 Å². The second-order valence-corrected chi connectivity index (χ2v) is 6.54. The number of nitrogens with zero attached hydrogens (tertiary/aromatic N) is 1. The average molecular weight is 240 g/mol. The molecular weight excluding hydrogens is 220 g/mol. The van der Waals surface area contributed by atoms with Crippen LogP contribution in [0.15, 0.2) is 5.16 Å². The Morgan fingerprint density at radius 2 is 1.82 bits per heavy atom. The van der Waals surface area contributed by atoms with Crippen LogP contribution in [0.4, 0.5) is 0 Å². The maximum absolute atomic E-state index is 10.9. The molecule has 0 amide bonds. The van der Waals surface area contributed by atoms with E-state index in [1.807, 2.05) is 0 Å². The van der Waals surface area contributed by atoms with Crippen molar-refractivity contribution in [2.75, 3.05) is 0 Å². The lowest BCUT2D eigenvalue weighted by molar-refractivity contribution is -0.129. The molecule has 5 heteroatoms. The molecule has 0 unspecified atom stereocenters. The lowest BCUT2D eigenvalue weighted by atomic mass is 9.71. The van der Waals surface area contributed by atoms with Gasteiger partial charge in [0.1, 0.15) is 5.60 Å². The summed E-state index contributed by atoms with van der Waals surface area (Å²) < 4.78 is 0. The van der Waals surface area contributed by atoms with Crippen molar-refractivity contribution >= 4 is 11.7 Å². The van der Waals surface area contributed by atoms with Crippen molar-refractivity contribution in [3.05, 3.63) is 0 Å². The Hall–Kier alpha value is -1.10. The summed E-state index contributed by atoms with van der Waals surface area (Å²) in [6.07, 6.45) is 1.93. The third-order valence-corrected chi connectivity index (χ3v) is 3.29. The van der Waals surface area contributed by atoms with Crippen LogP contribution in [0.3, 0.4) is 0 Å². The summed E-state index contributed by atoms with van der Waals surface area (Å²) in [5, 5.41) is 16.2. The average Bonchev–Trinajstić information content (AvgIpc) is 2.41. The minimum atomic E-state index is -0.976. The zero-order valence-corrected chi connectivity index (χ0v) is 10.8. The first-order valence-corrected chi connectivity index (χ1v) is 5.91. The fourth-order valence-electron chi connectivity index (χ4n) is 3.50. The molecule has 5 nitrogen and oxygen atoms in total. The lowest BCUT2D eigenvalue weighted by Gasteiger charge is -2.49. The maximum atomic E-state index is 10.9. The number of carbonyl (C=O) groups is 1. The van der Waals surface area contributed by atoms with Crippen LogP contribution in [0.2, 0.25) is 0 Å². The molecule has 0 aromatic rings. The molecule has 1 saturated heterocycles. The monoisotopic (exact) mass is 240 g/mol. The van der Waals surface area contributed by atoms with Gasteiger partial charge in [0.2, 0.25) is 0 Å². The molecule has 17 heavy (non-hydrogen) atoms. The Kier molecular flexibility index (Phi) is 2.51. The Labute approximate surface area is 101 Å². The summed E-state index contributed by atoms with van der Waals surface area (Å²) in [4.78, 5) is 16.4. The Morgan fingerprint density at radius 1 is 1.29 bits per heavy atom. The predicted molar refractivity (Wildman–Crippen MR) is 64.0 cm³/mol. The van der Waals surface area contributed by atoms with Crippen molar-refractivity contribution in [3.63, 3.8) is 0 Å². The molecule has 1 fully saturated rings. The van der Waals surface area contributed by atoms with Crippen LogP contribution in [0, 0.1) is 0 Å². The number of aliphatic carboxylic acids is 1. The number of hydrogen-bond donors (Lipinski definition) is 2. The van der Waals surface area contributed by atoms with Crippen LogP contribution in [-0.4, -0.2) is 33.5 Å². The highest BCUT2D eigenvalue weighted by atomic mass is 16.7. The number of oxime groups is 1. The molecule has 0 radical (unpaired) electrons. The molecule has 0 atom stereocenters. The summed E-state index contributed by atoms with van der Waals surface area (Å²) in [7, 11) is 0. The highest BCUT2D eigenvalue weighted by Gasteiger charge is 2.52. The van der Waals surface area contributed by atoms with E-state index in [1.54, 1.807) is 0 Å². The molecule has 96 valence electrons. The smallest absolute Gasteiger partial charge is 0.353 e. The summed E-state index contributed by atoms with van der Waals surface area (Å²) >= 11 is 0. The molecule has 0 aromatic carbocycles. The zero-order chi connectivity index (χ0) is 12.9. The zero-order valence-electron chi connectivity index (χ0n) is 10.8. The number of hydrogen-bond acceptors (Lipinski definition) is 4. The van der Waals surface area contributed by atoms with E-state index < -0.39 is 11.6 Å². The highest BCUT2D eigenvalue weighted by Crippen LogP contribution is 2.43. The molecular formula is C12H20N2O3. The number of rotatable bonds is 1. The van der Waals surface area contributed by atoms with E-state index in [9.17, 15) is 4.79 Å². The quantitative estimate of drug-likeness (QED) is 0.729. The Morgan fingerprint density at radius 3 is 2.24 bits per heavy atom. The van der Waals surface area contributed by atoms with Crippen molar-refractivity contribution < 1.29 is 14.7 Å². The minimum Gasteiger partial charge on any atom is -0.477 e. The fourth-order valence-corrected chi connectivity index (χ4v) is 3.50. The van der Waals surface area contributed by atoms with Gasteiger partial charge in [0.15, 0.2) is 5.71 Å². The van der Waals surface area contributed by atoms with Crippen LogP contribution >= 0.6 is 0 Å². The van der Waals surface area contributed by atoms with Crippen LogP contribution in [0.5, 0.6) is 0 Å². The molecule has 0 saturated carbocycles. The van der Waals surface area contributed by atoms with Crippen molar-refractivity contribution in [2.45, 2.75) is 63.6 Å². The van der Waals surface area contributed by atoms with Crippen LogP contribution in [0.1, 0.15) is 47.0 Å². The second kappa shape index (κ2) is 3.45. The maximum Gasteiger partial charge on any atom is 0.353 e. The third-order valence-electron chi connectivity index (χ3n) is 3.29. The van der Waals surface area contributed by atoms with Crippen molar-refractivity contribution in [1.29, 1.82) is 0 Å². The first-order chi connectivity index (χ1) is 7.63. The van der Waals surface area contributed by atoms with Crippen LogP contribution < -0.4 is 5.32 Å². The van der Waals surface area contributed by atoms with Gasteiger partial charge in [-0.05, 0) is 27.7 Å². The predicted octanol–water partition coefficient (Wildman–Crippen LogP) is 1.53. The summed E-state index contributed by atoms with van der Waals surface area (Å²) in [5.41, 5.74) is -0.471. The van der Waals surface area contributed by atoms with E-state index in [0.29, 0.717) is 6.42 Å². The largest absolute Gasteiger partial charge is 0.477 e. The van der Waals surface area contributed by atoms with E-state index in [-0.39, 0.29) is 16.8 Å². The van der Waals surface area contributed by atoms with Gasteiger partial charge >= 0.3 is 5.97 Å². The standard InChI is InChI=1S/C12H20N2O3/c1-10(2)6-12(7-11(3,4)14-10)5-8(9(15)16)13-17-12/h14H,5-7H2,1-4H3,(H,15,16). The molecule has 2 rings (SSSR count). The number of carboxylic acid groups (broad SMARTS) is 1. The molecule has 0 bridgehead atoms. The molecule has 0 aliphatic carbocycles. The van der Waals surface area contributed by atoms with Gasteiger partial charge in [0.25, 0.3) is 0 Å².